The minimum absolute atomic E-state index is 0.0167. The molecule has 0 saturated heterocycles. The van der Waals surface area contributed by atoms with Gasteiger partial charge in [0.05, 0.1) is 12.1 Å². The molecule has 1 saturated carbocycles. The SMILES string of the molecule is CC(CCl)C(=O)N(C)C1CCCCC1O. The molecule has 0 bridgehead atoms. The molecule has 1 N–H and O–H groups in total. The van der Waals surface area contributed by atoms with Gasteiger partial charge in [0.1, 0.15) is 0 Å². The summed E-state index contributed by atoms with van der Waals surface area (Å²) >= 11 is 5.66. The van der Waals surface area contributed by atoms with Gasteiger partial charge in [0.15, 0.2) is 0 Å². The Labute approximate surface area is 96.4 Å². The molecule has 0 aromatic rings. The van der Waals surface area contributed by atoms with Gasteiger partial charge in [-0.2, -0.15) is 0 Å². The highest BCUT2D eigenvalue weighted by Gasteiger charge is 2.30. The third-order valence-corrected chi connectivity index (χ3v) is 3.65. The number of amides is 1. The summed E-state index contributed by atoms with van der Waals surface area (Å²) in [5, 5.41) is 9.82. The van der Waals surface area contributed by atoms with Crippen molar-refractivity contribution in [2.45, 2.75) is 44.8 Å². The highest BCUT2D eigenvalue weighted by molar-refractivity contribution is 6.19. The van der Waals surface area contributed by atoms with Crippen molar-refractivity contribution >= 4 is 17.5 Å². The summed E-state index contributed by atoms with van der Waals surface area (Å²) in [6.07, 6.45) is 3.49. The number of alkyl halides is 1. The minimum atomic E-state index is -0.366. The fraction of sp³-hybridized carbons (Fsp3) is 0.909. The largest absolute Gasteiger partial charge is 0.391 e. The van der Waals surface area contributed by atoms with Gasteiger partial charge in [-0.15, -0.1) is 11.6 Å². The van der Waals surface area contributed by atoms with E-state index in [1.807, 2.05) is 6.92 Å². The highest BCUT2D eigenvalue weighted by Crippen LogP contribution is 2.23. The van der Waals surface area contributed by atoms with Crippen LogP contribution in [0.2, 0.25) is 0 Å². The normalized spacial score (nSPS) is 28.5. The zero-order valence-electron chi connectivity index (χ0n) is 9.45. The number of hydrogen-bond donors (Lipinski definition) is 1. The Morgan fingerprint density at radius 3 is 2.67 bits per heavy atom. The average Bonchev–Trinajstić information content (AvgIpc) is 2.26. The van der Waals surface area contributed by atoms with Crippen LogP contribution >= 0.6 is 11.6 Å². The van der Waals surface area contributed by atoms with Crippen LogP contribution in [-0.2, 0) is 4.79 Å². The van der Waals surface area contributed by atoms with E-state index in [9.17, 15) is 9.90 Å². The Morgan fingerprint density at radius 2 is 2.13 bits per heavy atom. The van der Waals surface area contributed by atoms with E-state index >= 15 is 0 Å². The first-order valence-electron chi connectivity index (χ1n) is 5.58. The van der Waals surface area contributed by atoms with Gasteiger partial charge in [0.25, 0.3) is 0 Å². The number of aliphatic hydroxyl groups is 1. The summed E-state index contributed by atoms with van der Waals surface area (Å²) in [6, 6.07) is -0.0167. The van der Waals surface area contributed by atoms with Crippen LogP contribution in [0.3, 0.4) is 0 Å². The molecule has 3 atom stereocenters. The molecular formula is C11H20ClNO2. The van der Waals surface area contributed by atoms with Crippen molar-refractivity contribution in [1.82, 2.24) is 4.90 Å². The molecule has 88 valence electrons. The summed E-state index contributed by atoms with van der Waals surface area (Å²) in [4.78, 5) is 13.5. The number of nitrogens with zero attached hydrogens (tertiary/aromatic N) is 1. The van der Waals surface area contributed by atoms with E-state index in [0.717, 1.165) is 25.7 Å². The van der Waals surface area contributed by atoms with Crippen LogP contribution in [0.5, 0.6) is 0 Å². The molecule has 1 amide bonds. The molecule has 0 radical (unpaired) electrons. The van der Waals surface area contributed by atoms with E-state index in [0.29, 0.717) is 5.88 Å². The quantitative estimate of drug-likeness (QED) is 0.753. The first-order chi connectivity index (χ1) is 7.07. The van der Waals surface area contributed by atoms with E-state index in [-0.39, 0.29) is 24.0 Å². The highest BCUT2D eigenvalue weighted by atomic mass is 35.5. The summed E-state index contributed by atoms with van der Waals surface area (Å²) in [7, 11) is 1.77. The molecule has 3 unspecified atom stereocenters. The second-order valence-electron chi connectivity index (χ2n) is 4.42. The van der Waals surface area contributed by atoms with Crippen LogP contribution in [0.25, 0.3) is 0 Å². The van der Waals surface area contributed by atoms with E-state index < -0.39 is 0 Å². The van der Waals surface area contributed by atoms with Gasteiger partial charge in [0, 0.05) is 18.8 Å². The van der Waals surface area contributed by atoms with Gasteiger partial charge in [-0.25, -0.2) is 0 Å². The Hall–Kier alpha value is -0.280. The zero-order valence-corrected chi connectivity index (χ0v) is 10.2. The molecule has 1 rings (SSSR count). The van der Waals surface area contributed by atoms with Crippen molar-refractivity contribution in [3.63, 3.8) is 0 Å². The van der Waals surface area contributed by atoms with Crippen molar-refractivity contribution in [2.24, 2.45) is 5.92 Å². The lowest BCUT2D eigenvalue weighted by atomic mass is 9.91. The van der Waals surface area contributed by atoms with Crippen LogP contribution in [0.4, 0.5) is 0 Å². The molecule has 3 nitrogen and oxygen atoms in total. The summed E-state index contributed by atoms with van der Waals surface area (Å²) < 4.78 is 0. The summed E-state index contributed by atoms with van der Waals surface area (Å²) in [5.74, 6) is 0.216. The Kier molecular flexibility index (Phi) is 4.87. The lowest BCUT2D eigenvalue weighted by Crippen LogP contribution is -2.48. The van der Waals surface area contributed by atoms with Crippen molar-refractivity contribution in [3.8, 4) is 0 Å². The molecule has 15 heavy (non-hydrogen) atoms. The van der Waals surface area contributed by atoms with Crippen LogP contribution in [0.1, 0.15) is 32.6 Å². The molecule has 0 spiro atoms. The van der Waals surface area contributed by atoms with Gasteiger partial charge < -0.3 is 10.0 Å². The smallest absolute Gasteiger partial charge is 0.226 e. The number of aliphatic hydroxyl groups excluding tert-OH is 1. The van der Waals surface area contributed by atoms with Gasteiger partial charge in [-0.05, 0) is 12.8 Å². The van der Waals surface area contributed by atoms with E-state index in [2.05, 4.69) is 0 Å². The maximum absolute atomic E-state index is 11.8. The van der Waals surface area contributed by atoms with Gasteiger partial charge in [-0.3, -0.25) is 4.79 Å². The number of hydrogen-bond acceptors (Lipinski definition) is 2. The fourth-order valence-electron chi connectivity index (χ4n) is 2.12. The van der Waals surface area contributed by atoms with Crippen LogP contribution in [0.15, 0.2) is 0 Å². The number of likely N-dealkylation sites (N-methyl/N-ethyl adjacent to an activating group) is 1. The molecule has 1 fully saturated rings. The first kappa shape index (κ1) is 12.8. The number of rotatable bonds is 3. The topological polar surface area (TPSA) is 40.5 Å². The predicted octanol–water partition coefficient (Wildman–Crippen LogP) is 1.62. The number of halogens is 1. The third kappa shape index (κ3) is 3.08. The van der Waals surface area contributed by atoms with Crippen LogP contribution < -0.4 is 0 Å². The minimum Gasteiger partial charge on any atom is -0.391 e. The maximum atomic E-state index is 11.8. The van der Waals surface area contributed by atoms with Crippen molar-refractivity contribution in [1.29, 1.82) is 0 Å². The summed E-state index contributed by atoms with van der Waals surface area (Å²) in [5.41, 5.74) is 0. The fourth-order valence-corrected chi connectivity index (χ4v) is 2.25. The zero-order chi connectivity index (χ0) is 11.4. The lowest BCUT2D eigenvalue weighted by Gasteiger charge is -2.36. The molecule has 1 aliphatic carbocycles. The second kappa shape index (κ2) is 5.71. The van der Waals surface area contributed by atoms with E-state index in [1.165, 1.54) is 0 Å². The van der Waals surface area contributed by atoms with E-state index in [4.69, 9.17) is 11.6 Å². The van der Waals surface area contributed by atoms with Gasteiger partial charge in [0.2, 0.25) is 5.91 Å². The molecule has 0 heterocycles. The molecule has 1 aliphatic rings. The Balaban J connectivity index is 2.57. The summed E-state index contributed by atoms with van der Waals surface area (Å²) in [6.45, 7) is 1.82. The Morgan fingerprint density at radius 1 is 1.53 bits per heavy atom. The average molecular weight is 234 g/mol. The number of carbonyl (C=O) groups is 1. The van der Waals surface area contributed by atoms with Crippen molar-refractivity contribution in [2.75, 3.05) is 12.9 Å². The van der Waals surface area contributed by atoms with Crippen molar-refractivity contribution in [3.05, 3.63) is 0 Å². The lowest BCUT2D eigenvalue weighted by molar-refractivity contribution is -0.138. The molecule has 0 aromatic heterocycles. The maximum Gasteiger partial charge on any atom is 0.226 e. The standard InChI is InChI=1S/C11H20ClNO2/c1-8(7-12)11(15)13(2)9-5-3-4-6-10(9)14/h8-10,14H,3-7H2,1-2H3. The number of carbonyl (C=O) groups excluding carboxylic acids is 1. The molecule has 0 aliphatic heterocycles. The predicted molar refractivity (Wildman–Crippen MR) is 60.9 cm³/mol. The van der Waals surface area contributed by atoms with Gasteiger partial charge in [-0.1, -0.05) is 19.8 Å². The van der Waals surface area contributed by atoms with E-state index in [1.54, 1.807) is 11.9 Å². The second-order valence-corrected chi connectivity index (χ2v) is 4.73. The molecular weight excluding hydrogens is 214 g/mol. The van der Waals surface area contributed by atoms with Crippen LogP contribution in [0, 0.1) is 5.92 Å². The molecule has 0 aromatic carbocycles. The third-order valence-electron chi connectivity index (χ3n) is 3.19. The molecule has 4 heteroatoms. The first-order valence-corrected chi connectivity index (χ1v) is 6.12. The van der Waals surface area contributed by atoms with Crippen molar-refractivity contribution < 1.29 is 9.90 Å². The Bertz CT molecular complexity index is 223. The monoisotopic (exact) mass is 233 g/mol. The van der Waals surface area contributed by atoms with Gasteiger partial charge >= 0.3 is 0 Å². The van der Waals surface area contributed by atoms with Crippen LogP contribution in [-0.4, -0.2) is 41.0 Å².